The summed E-state index contributed by atoms with van der Waals surface area (Å²) in [6.45, 7) is 5.72. The van der Waals surface area contributed by atoms with Gasteiger partial charge in [-0.2, -0.15) is 5.10 Å². The Morgan fingerprint density at radius 3 is 2.83 bits per heavy atom. The Kier molecular flexibility index (Phi) is 3.31. The largest absolute Gasteiger partial charge is 0.362 e. The molecule has 7 heteroatoms. The lowest BCUT2D eigenvalue weighted by molar-refractivity contribution is 0.262. The third-order valence-corrected chi connectivity index (χ3v) is 2.40. The van der Waals surface area contributed by atoms with Crippen molar-refractivity contribution < 1.29 is 9.32 Å². The van der Waals surface area contributed by atoms with Crippen LogP contribution in [-0.2, 0) is 0 Å². The first-order valence-electron chi connectivity index (χ1n) is 5.60. The van der Waals surface area contributed by atoms with Crippen LogP contribution in [0, 0.1) is 6.92 Å². The maximum Gasteiger partial charge on any atom is 0.324 e. The van der Waals surface area contributed by atoms with Crippen LogP contribution in [0.3, 0.4) is 0 Å². The van der Waals surface area contributed by atoms with Crippen molar-refractivity contribution in [2.75, 3.05) is 10.6 Å². The van der Waals surface area contributed by atoms with Crippen molar-refractivity contribution in [1.82, 2.24) is 14.9 Å². The Hall–Kier alpha value is -2.31. The summed E-state index contributed by atoms with van der Waals surface area (Å²) >= 11 is 0. The van der Waals surface area contributed by atoms with Gasteiger partial charge in [0.2, 0.25) is 0 Å². The third-order valence-electron chi connectivity index (χ3n) is 2.40. The van der Waals surface area contributed by atoms with E-state index in [2.05, 4.69) is 20.9 Å². The quantitative estimate of drug-likeness (QED) is 0.874. The first kappa shape index (κ1) is 12.2. The van der Waals surface area contributed by atoms with E-state index in [9.17, 15) is 4.79 Å². The van der Waals surface area contributed by atoms with Crippen molar-refractivity contribution in [2.45, 2.75) is 26.8 Å². The number of rotatable bonds is 3. The number of aromatic nitrogens is 3. The Morgan fingerprint density at radius 2 is 2.22 bits per heavy atom. The Morgan fingerprint density at radius 1 is 1.44 bits per heavy atom. The molecule has 0 aliphatic rings. The molecule has 2 rings (SSSR count). The molecule has 0 saturated heterocycles. The molecule has 2 amide bonds. The topological polar surface area (TPSA) is 85.0 Å². The van der Waals surface area contributed by atoms with Crippen molar-refractivity contribution in [3.05, 3.63) is 24.2 Å². The number of urea groups is 1. The van der Waals surface area contributed by atoms with E-state index in [1.165, 1.54) is 6.26 Å². The average molecular weight is 249 g/mol. The Labute approximate surface area is 104 Å². The molecule has 0 bridgehead atoms. The zero-order valence-electron chi connectivity index (χ0n) is 10.5. The Bertz CT molecular complexity index is 543. The van der Waals surface area contributed by atoms with Gasteiger partial charge >= 0.3 is 6.03 Å². The first-order valence-corrected chi connectivity index (χ1v) is 5.60. The standard InChI is InChI=1S/C11H15N5O2/c1-7(2)16-10(4-5-12-16)14-11(17)13-9-6-18-15-8(9)3/h4-7H,1-3H3,(H2,13,14,17). The molecule has 0 fully saturated rings. The number of nitrogens with one attached hydrogen (secondary N) is 2. The first-order chi connectivity index (χ1) is 8.58. The highest BCUT2D eigenvalue weighted by Gasteiger charge is 2.11. The number of hydrogen-bond acceptors (Lipinski definition) is 4. The van der Waals surface area contributed by atoms with Crippen LogP contribution in [0.1, 0.15) is 25.6 Å². The van der Waals surface area contributed by atoms with Gasteiger partial charge in [-0.05, 0) is 20.8 Å². The van der Waals surface area contributed by atoms with E-state index >= 15 is 0 Å². The second kappa shape index (κ2) is 4.91. The van der Waals surface area contributed by atoms with Crippen LogP contribution in [0.15, 0.2) is 23.0 Å². The fraction of sp³-hybridized carbons (Fsp3) is 0.364. The number of carbonyl (C=O) groups excluding carboxylic acids is 1. The maximum atomic E-state index is 11.8. The number of anilines is 2. The lowest BCUT2D eigenvalue weighted by Gasteiger charge is -2.11. The number of hydrogen-bond donors (Lipinski definition) is 2. The highest BCUT2D eigenvalue weighted by atomic mass is 16.5. The molecular formula is C11H15N5O2. The smallest absolute Gasteiger partial charge is 0.324 e. The van der Waals surface area contributed by atoms with Gasteiger partial charge in [0.1, 0.15) is 23.5 Å². The van der Waals surface area contributed by atoms with Crippen LogP contribution in [0.25, 0.3) is 0 Å². The summed E-state index contributed by atoms with van der Waals surface area (Å²) < 4.78 is 6.46. The molecule has 0 radical (unpaired) electrons. The number of carbonyl (C=O) groups is 1. The zero-order valence-corrected chi connectivity index (χ0v) is 10.5. The molecule has 2 N–H and O–H groups in total. The van der Waals surface area contributed by atoms with Gasteiger partial charge in [0.25, 0.3) is 0 Å². The van der Waals surface area contributed by atoms with Crippen molar-refractivity contribution in [3.63, 3.8) is 0 Å². The van der Waals surface area contributed by atoms with E-state index < -0.39 is 0 Å². The molecule has 18 heavy (non-hydrogen) atoms. The van der Waals surface area contributed by atoms with Crippen molar-refractivity contribution in [1.29, 1.82) is 0 Å². The van der Waals surface area contributed by atoms with Crippen LogP contribution in [0.2, 0.25) is 0 Å². The SMILES string of the molecule is Cc1nocc1NC(=O)Nc1ccnn1C(C)C. The summed E-state index contributed by atoms with van der Waals surface area (Å²) in [5, 5.41) is 13.2. The zero-order chi connectivity index (χ0) is 13.1. The average Bonchev–Trinajstić information content (AvgIpc) is 2.89. The van der Waals surface area contributed by atoms with Crippen molar-refractivity contribution in [2.24, 2.45) is 0 Å². The van der Waals surface area contributed by atoms with Crippen LogP contribution < -0.4 is 10.6 Å². The molecule has 0 aliphatic heterocycles. The highest BCUT2D eigenvalue weighted by Crippen LogP contribution is 2.15. The van der Waals surface area contributed by atoms with Crippen LogP contribution >= 0.6 is 0 Å². The van der Waals surface area contributed by atoms with E-state index in [-0.39, 0.29) is 12.1 Å². The highest BCUT2D eigenvalue weighted by molar-refractivity contribution is 5.99. The van der Waals surface area contributed by atoms with Gasteiger partial charge in [-0.25, -0.2) is 9.48 Å². The van der Waals surface area contributed by atoms with Gasteiger partial charge in [0.15, 0.2) is 0 Å². The summed E-state index contributed by atoms with van der Waals surface area (Å²) in [6, 6.07) is 1.55. The molecular weight excluding hydrogens is 234 g/mol. The molecule has 2 aromatic rings. The summed E-state index contributed by atoms with van der Waals surface area (Å²) in [5.41, 5.74) is 1.17. The van der Waals surface area contributed by atoms with Crippen LogP contribution in [-0.4, -0.2) is 21.0 Å². The van der Waals surface area contributed by atoms with Gasteiger partial charge in [0, 0.05) is 12.1 Å². The number of amides is 2. The Balaban J connectivity index is 2.03. The van der Waals surface area contributed by atoms with E-state index in [0.717, 1.165) is 0 Å². The fourth-order valence-corrected chi connectivity index (χ4v) is 1.51. The second-order valence-electron chi connectivity index (χ2n) is 4.15. The van der Waals surface area contributed by atoms with E-state index in [1.54, 1.807) is 23.9 Å². The minimum atomic E-state index is -0.358. The van der Waals surface area contributed by atoms with Gasteiger partial charge in [-0.1, -0.05) is 5.16 Å². The second-order valence-corrected chi connectivity index (χ2v) is 4.15. The lowest BCUT2D eigenvalue weighted by atomic mass is 10.4. The molecule has 0 saturated carbocycles. The van der Waals surface area contributed by atoms with Gasteiger partial charge in [0.05, 0.1) is 6.20 Å². The summed E-state index contributed by atoms with van der Waals surface area (Å²) in [7, 11) is 0. The number of aryl methyl sites for hydroxylation is 1. The van der Waals surface area contributed by atoms with Gasteiger partial charge < -0.3 is 9.84 Å². The number of nitrogens with zero attached hydrogens (tertiary/aromatic N) is 3. The summed E-state index contributed by atoms with van der Waals surface area (Å²) in [5.74, 6) is 0.636. The van der Waals surface area contributed by atoms with Crippen LogP contribution in [0.4, 0.5) is 16.3 Å². The van der Waals surface area contributed by atoms with Crippen molar-refractivity contribution in [3.8, 4) is 0 Å². The molecule has 7 nitrogen and oxygen atoms in total. The van der Waals surface area contributed by atoms with E-state index in [0.29, 0.717) is 17.2 Å². The van der Waals surface area contributed by atoms with E-state index in [1.807, 2.05) is 13.8 Å². The summed E-state index contributed by atoms with van der Waals surface area (Å²) in [6.07, 6.45) is 3.02. The molecule has 0 aromatic carbocycles. The van der Waals surface area contributed by atoms with Gasteiger partial charge in [-0.15, -0.1) is 0 Å². The third kappa shape index (κ3) is 2.50. The normalized spacial score (nSPS) is 10.7. The molecule has 96 valence electrons. The molecule has 2 aromatic heterocycles. The molecule has 0 atom stereocenters. The van der Waals surface area contributed by atoms with Crippen LogP contribution in [0.5, 0.6) is 0 Å². The maximum absolute atomic E-state index is 11.8. The minimum Gasteiger partial charge on any atom is -0.362 e. The van der Waals surface area contributed by atoms with Gasteiger partial charge in [-0.3, -0.25) is 5.32 Å². The predicted octanol–water partition coefficient (Wildman–Crippen LogP) is 2.40. The molecule has 2 heterocycles. The van der Waals surface area contributed by atoms with E-state index in [4.69, 9.17) is 4.52 Å². The molecule has 0 aliphatic carbocycles. The lowest BCUT2D eigenvalue weighted by Crippen LogP contribution is -2.22. The fourth-order valence-electron chi connectivity index (χ4n) is 1.51. The monoisotopic (exact) mass is 249 g/mol. The predicted molar refractivity (Wildman–Crippen MR) is 66.5 cm³/mol. The van der Waals surface area contributed by atoms with Crippen molar-refractivity contribution >= 4 is 17.5 Å². The minimum absolute atomic E-state index is 0.174. The summed E-state index contributed by atoms with van der Waals surface area (Å²) in [4.78, 5) is 11.8. The molecule has 0 unspecified atom stereocenters. The molecule has 0 spiro atoms.